The number of ether oxygens (including phenoxy) is 1. The van der Waals surface area contributed by atoms with Crippen molar-refractivity contribution in [3.8, 4) is 5.75 Å². The van der Waals surface area contributed by atoms with E-state index in [2.05, 4.69) is 29.4 Å². The van der Waals surface area contributed by atoms with E-state index in [0.717, 1.165) is 38.4 Å². The van der Waals surface area contributed by atoms with E-state index in [1.165, 1.54) is 0 Å². The number of halogens is 1. The van der Waals surface area contributed by atoms with Gasteiger partial charge < -0.3 is 4.74 Å². The van der Waals surface area contributed by atoms with E-state index in [-0.39, 0.29) is 23.7 Å². The fraction of sp³-hybridized carbons (Fsp3) is 0.156. The summed E-state index contributed by atoms with van der Waals surface area (Å²) in [4.78, 5) is 27.3. The van der Waals surface area contributed by atoms with Crippen LogP contribution in [0.15, 0.2) is 102 Å². The highest BCUT2D eigenvalue weighted by Crippen LogP contribution is 2.60. The Hall–Kier alpha value is -4.22. The number of imide groups is 1. The van der Waals surface area contributed by atoms with E-state index in [0.29, 0.717) is 17.4 Å². The van der Waals surface area contributed by atoms with Crippen LogP contribution in [0.2, 0.25) is 5.02 Å². The lowest BCUT2D eigenvalue weighted by molar-refractivity contribution is -0.139. The molecule has 0 radical (unpaired) electrons. The molecule has 1 saturated heterocycles. The van der Waals surface area contributed by atoms with Crippen LogP contribution in [-0.4, -0.2) is 23.0 Å². The standard InChI is InChI=1S/C32H23ClN2O3/c33-21-13-9-20(10-14-21)18-38-22-15-11-19(12-16-22)17-34-35-31(36)29-27-23-5-1-2-6-24(23)28(30(29)32(35)37)26-8-4-3-7-25(26)27/h1-17,27-30H,18H2/b34-17-/t27?,28?,29-,30-/m1/s1. The molecule has 6 heteroatoms. The minimum atomic E-state index is -0.432. The lowest BCUT2D eigenvalue weighted by atomic mass is 9.55. The fourth-order valence-corrected chi connectivity index (χ4v) is 6.42. The quantitative estimate of drug-likeness (QED) is 0.235. The van der Waals surface area contributed by atoms with E-state index in [1.807, 2.05) is 72.8 Å². The molecule has 1 fully saturated rings. The zero-order valence-electron chi connectivity index (χ0n) is 20.3. The third kappa shape index (κ3) is 3.57. The fourth-order valence-electron chi connectivity index (χ4n) is 6.30. The van der Waals surface area contributed by atoms with Crippen LogP contribution < -0.4 is 4.74 Å². The molecule has 1 heterocycles. The van der Waals surface area contributed by atoms with E-state index >= 15 is 0 Å². The van der Waals surface area contributed by atoms with Crippen LogP contribution in [0.4, 0.5) is 0 Å². The Bertz CT molecular complexity index is 1480. The van der Waals surface area contributed by atoms with Gasteiger partial charge in [-0.05, 0) is 69.8 Å². The van der Waals surface area contributed by atoms with E-state index in [4.69, 9.17) is 16.3 Å². The Morgan fingerprint density at radius 3 is 1.71 bits per heavy atom. The van der Waals surface area contributed by atoms with Gasteiger partial charge in [-0.1, -0.05) is 72.3 Å². The number of carbonyl (C=O) groups excluding carboxylic acids is 2. The normalized spacial score (nSPS) is 22.9. The van der Waals surface area contributed by atoms with Crippen molar-refractivity contribution >= 4 is 29.6 Å². The third-order valence-electron chi connectivity index (χ3n) is 7.95. The van der Waals surface area contributed by atoms with Gasteiger partial charge in [0.15, 0.2) is 0 Å². The van der Waals surface area contributed by atoms with Crippen LogP contribution in [0, 0.1) is 11.8 Å². The molecular weight excluding hydrogens is 496 g/mol. The molecule has 3 aliphatic carbocycles. The number of nitrogens with zero attached hydrogens (tertiary/aromatic N) is 2. The van der Waals surface area contributed by atoms with Gasteiger partial charge in [-0.2, -0.15) is 10.1 Å². The summed E-state index contributed by atoms with van der Waals surface area (Å²) in [5.41, 5.74) is 6.40. The molecule has 4 aromatic carbocycles. The molecule has 0 unspecified atom stereocenters. The SMILES string of the molecule is O=C1[C@@H]2C3c4ccccc4C(c4ccccc43)[C@H]2C(=O)N1/N=C\c1ccc(OCc2ccc(Cl)cc2)cc1. The summed E-state index contributed by atoms with van der Waals surface area (Å²) >= 11 is 5.94. The highest BCUT2D eigenvalue weighted by Gasteiger charge is 2.61. The third-order valence-corrected chi connectivity index (χ3v) is 8.20. The van der Waals surface area contributed by atoms with Gasteiger partial charge in [-0.3, -0.25) is 9.59 Å². The molecule has 186 valence electrons. The number of hydrazone groups is 1. The van der Waals surface area contributed by atoms with Crippen molar-refractivity contribution in [1.29, 1.82) is 0 Å². The summed E-state index contributed by atoms with van der Waals surface area (Å²) in [7, 11) is 0. The van der Waals surface area contributed by atoms with Crippen molar-refractivity contribution < 1.29 is 14.3 Å². The van der Waals surface area contributed by atoms with Crippen molar-refractivity contribution in [3.63, 3.8) is 0 Å². The first-order valence-corrected chi connectivity index (χ1v) is 13.0. The van der Waals surface area contributed by atoms with Gasteiger partial charge in [0.2, 0.25) is 0 Å². The molecule has 0 saturated carbocycles. The lowest BCUT2D eigenvalue weighted by Gasteiger charge is -2.45. The smallest absolute Gasteiger partial charge is 0.254 e. The summed E-state index contributed by atoms with van der Waals surface area (Å²) in [6, 6.07) is 31.3. The zero-order valence-corrected chi connectivity index (χ0v) is 21.1. The maximum absolute atomic E-state index is 13.6. The van der Waals surface area contributed by atoms with Gasteiger partial charge in [-0.15, -0.1) is 0 Å². The number of benzene rings is 4. The molecule has 1 aliphatic heterocycles. The predicted octanol–water partition coefficient (Wildman–Crippen LogP) is 6.15. The van der Waals surface area contributed by atoms with Crippen LogP contribution in [0.1, 0.15) is 45.2 Å². The van der Waals surface area contributed by atoms with Crippen molar-refractivity contribution in [2.45, 2.75) is 18.4 Å². The van der Waals surface area contributed by atoms with Crippen LogP contribution >= 0.6 is 11.6 Å². The second kappa shape index (κ2) is 8.96. The molecule has 38 heavy (non-hydrogen) atoms. The number of rotatable bonds is 5. The molecule has 0 aromatic heterocycles. The van der Waals surface area contributed by atoms with Gasteiger partial charge in [-0.25, -0.2) is 0 Å². The average Bonchev–Trinajstić information content (AvgIpc) is 3.21. The minimum Gasteiger partial charge on any atom is -0.489 e. The van der Waals surface area contributed by atoms with Gasteiger partial charge in [0.25, 0.3) is 11.8 Å². The number of hydrogen-bond donors (Lipinski definition) is 0. The highest BCUT2D eigenvalue weighted by molar-refractivity contribution is 6.30. The molecule has 0 spiro atoms. The second-order valence-corrected chi connectivity index (χ2v) is 10.4. The Morgan fingerprint density at radius 1 is 0.711 bits per heavy atom. The van der Waals surface area contributed by atoms with E-state index in [1.54, 1.807) is 6.21 Å². The summed E-state index contributed by atoms with van der Waals surface area (Å²) in [5.74, 6) is -0.867. The van der Waals surface area contributed by atoms with Crippen LogP contribution in [0.25, 0.3) is 0 Å². The summed E-state index contributed by atoms with van der Waals surface area (Å²) in [6.45, 7) is 0.428. The van der Waals surface area contributed by atoms with Gasteiger partial charge in [0, 0.05) is 16.9 Å². The predicted molar refractivity (Wildman–Crippen MR) is 145 cm³/mol. The first-order chi connectivity index (χ1) is 18.6. The molecule has 5 nitrogen and oxygen atoms in total. The van der Waals surface area contributed by atoms with Crippen LogP contribution in [-0.2, 0) is 16.2 Å². The molecule has 2 amide bonds. The van der Waals surface area contributed by atoms with Crippen molar-refractivity contribution in [2.75, 3.05) is 0 Å². The summed E-state index contributed by atoms with van der Waals surface area (Å²) < 4.78 is 5.85. The molecule has 4 aliphatic rings. The maximum atomic E-state index is 13.6. The highest BCUT2D eigenvalue weighted by atomic mass is 35.5. The number of hydrogen-bond acceptors (Lipinski definition) is 4. The van der Waals surface area contributed by atoms with E-state index in [9.17, 15) is 9.59 Å². The lowest BCUT2D eigenvalue weighted by Crippen LogP contribution is -2.41. The van der Waals surface area contributed by atoms with Crippen LogP contribution in [0.3, 0.4) is 0 Å². The first kappa shape index (κ1) is 22.9. The second-order valence-electron chi connectivity index (χ2n) is 9.98. The Kier molecular flexibility index (Phi) is 5.41. The monoisotopic (exact) mass is 518 g/mol. The maximum Gasteiger partial charge on any atom is 0.254 e. The average molecular weight is 519 g/mol. The first-order valence-electron chi connectivity index (χ1n) is 12.7. The van der Waals surface area contributed by atoms with Gasteiger partial charge in [0.05, 0.1) is 18.1 Å². The molecule has 0 N–H and O–H groups in total. The van der Waals surface area contributed by atoms with Gasteiger partial charge >= 0.3 is 0 Å². The van der Waals surface area contributed by atoms with Crippen molar-refractivity contribution in [1.82, 2.24) is 5.01 Å². The molecule has 8 rings (SSSR count). The summed E-state index contributed by atoms with van der Waals surface area (Å²) in [5, 5.41) is 6.17. The zero-order chi connectivity index (χ0) is 25.8. The molecule has 2 bridgehead atoms. The molecule has 2 atom stereocenters. The number of carbonyl (C=O) groups is 2. The Labute approximate surface area is 225 Å². The van der Waals surface area contributed by atoms with Crippen LogP contribution in [0.5, 0.6) is 5.75 Å². The topological polar surface area (TPSA) is 59.0 Å². The Balaban J connectivity index is 1.12. The molecular formula is C32H23ClN2O3. The van der Waals surface area contributed by atoms with Crippen molar-refractivity contribution in [3.05, 3.63) is 135 Å². The van der Waals surface area contributed by atoms with E-state index < -0.39 is 11.8 Å². The summed E-state index contributed by atoms with van der Waals surface area (Å²) in [6.07, 6.45) is 1.57. The molecule has 4 aromatic rings. The van der Waals surface area contributed by atoms with Crippen molar-refractivity contribution in [2.24, 2.45) is 16.9 Å². The largest absolute Gasteiger partial charge is 0.489 e. The minimum absolute atomic E-state index is 0.133. The Morgan fingerprint density at radius 2 is 1.21 bits per heavy atom. The number of amides is 2. The van der Waals surface area contributed by atoms with Gasteiger partial charge in [0.1, 0.15) is 12.4 Å².